The second-order valence-corrected chi connectivity index (χ2v) is 4.00. The van der Waals surface area contributed by atoms with Crippen molar-refractivity contribution in [2.75, 3.05) is 23.8 Å². The summed E-state index contributed by atoms with van der Waals surface area (Å²) >= 11 is 5.25. The molecular weight excluding hydrogens is 250 g/mol. The van der Waals surface area contributed by atoms with Crippen LogP contribution in [0.4, 0.5) is 11.4 Å². The number of rotatable bonds is 4. The SMILES string of the molecule is O=CNNc1ccc(NC(=S)N2C=NCC2)cc1. The van der Waals surface area contributed by atoms with Gasteiger partial charge in [0, 0.05) is 12.2 Å². The van der Waals surface area contributed by atoms with Crippen molar-refractivity contribution in [1.82, 2.24) is 10.3 Å². The molecule has 2 rings (SSSR count). The molecule has 3 N–H and O–H groups in total. The molecule has 1 aliphatic rings. The smallest absolute Gasteiger partial charge is 0.225 e. The lowest BCUT2D eigenvalue weighted by Crippen LogP contribution is -2.32. The first-order valence-electron chi connectivity index (χ1n) is 5.42. The summed E-state index contributed by atoms with van der Waals surface area (Å²) in [7, 11) is 0. The number of benzene rings is 1. The molecule has 0 aliphatic carbocycles. The molecule has 0 bridgehead atoms. The third-order valence-electron chi connectivity index (χ3n) is 2.36. The highest BCUT2D eigenvalue weighted by Crippen LogP contribution is 2.13. The zero-order valence-corrected chi connectivity index (χ0v) is 10.4. The third kappa shape index (κ3) is 3.17. The highest BCUT2D eigenvalue weighted by atomic mass is 32.1. The third-order valence-corrected chi connectivity index (χ3v) is 2.70. The van der Waals surface area contributed by atoms with E-state index in [0.717, 1.165) is 24.5 Å². The number of hydrogen-bond acceptors (Lipinski definition) is 4. The van der Waals surface area contributed by atoms with Crippen LogP contribution < -0.4 is 16.2 Å². The van der Waals surface area contributed by atoms with E-state index in [9.17, 15) is 4.79 Å². The molecule has 0 aromatic heterocycles. The van der Waals surface area contributed by atoms with Gasteiger partial charge in [-0.1, -0.05) is 0 Å². The number of amides is 1. The van der Waals surface area contributed by atoms with E-state index in [4.69, 9.17) is 12.2 Å². The Labute approximate surface area is 110 Å². The van der Waals surface area contributed by atoms with Crippen LogP contribution in [0.1, 0.15) is 0 Å². The Hall–Kier alpha value is -2.15. The minimum Gasteiger partial charge on any atom is -0.332 e. The van der Waals surface area contributed by atoms with E-state index in [1.54, 1.807) is 6.34 Å². The van der Waals surface area contributed by atoms with Crippen molar-refractivity contribution in [2.45, 2.75) is 0 Å². The first-order valence-corrected chi connectivity index (χ1v) is 5.83. The van der Waals surface area contributed by atoms with Crippen molar-refractivity contribution in [3.63, 3.8) is 0 Å². The summed E-state index contributed by atoms with van der Waals surface area (Å²) in [6.07, 6.45) is 2.31. The molecule has 1 heterocycles. The zero-order valence-electron chi connectivity index (χ0n) is 9.59. The average molecular weight is 263 g/mol. The monoisotopic (exact) mass is 263 g/mol. The minimum atomic E-state index is 0.577. The van der Waals surface area contributed by atoms with Crippen molar-refractivity contribution in [1.29, 1.82) is 0 Å². The molecular formula is C11H13N5OS. The van der Waals surface area contributed by atoms with E-state index in [-0.39, 0.29) is 0 Å². The summed E-state index contributed by atoms with van der Waals surface area (Å²) in [5.41, 5.74) is 6.77. The first kappa shape index (κ1) is 12.3. The average Bonchev–Trinajstić information content (AvgIpc) is 2.92. The predicted octanol–water partition coefficient (Wildman–Crippen LogP) is 0.800. The lowest BCUT2D eigenvalue weighted by atomic mass is 10.3. The van der Waals surface area contributed by atoms with Crippen LogP contribution in [0.2, 0.25) is 0 Å². The highest BCUT2D eigenvalue weighted by Gasteiger charge is 2.10. The van der Waals surface area contributed by atoms with Gasteiger partial charge in [0.1, 0.15) is 0 Å². The topological polar surface area (TPSA) is 68.8 Å². The largest absolute Gasteiger partial charge is 0.332 e. The summed E-state index contributed by atoms with van der Waals surface area (Å²) in [4.78, 5) is 16.1. The maximum Gasteiger partial charge on any atom is 0.225 e. The molecule has 1 aliphatic heterocycles. The summed E-state index contributed by atoms with van der Waals surface area (Å²) < 4.78 is 0. The molecule has 0 unspecified atom stereocenters. The van der Waals surface area contributed by atoms with Crippen molar-refractivity contribution in [3.05, 3.63) is 24.3 Å². The number of nitrogens with one attached hydrogen (secondary N) is 3. The lowest BCUT2D eigenvalue weighted by molar-refractivity contribution is -0.109. The van der Waals surface area contributed by atoms with E-state index in [1.165, 1.54) is 0 Å². The Morgan fingerprint density at radius 3 is 2.67 bits per heavy atom. The molecule has 0 atom stereocenters. The number of thiocarbonyl (C=S) groups is 1. The van der Waals surface area contributed by atoms with Gasteiger partial charge in [-0.15, -0.1) is 0 Å². The van der Waals surface area contributed by atoms with Crippen LogP contribution in [0, 0.1) is 0 Å². The lowest BCUT2D eigenvalue weighted by Gasteiger charge is -2.16. The normalized spacial score (nSPS) is 13.2. The van der Waals surface area contributed by atoms with Crippen LogP contribution in [0.15, 0.2) is 29.3 Å². The fraction of sp³-hybridized carbons (Fsp3) is 0.182. The maximum atomic E-state index is 10.1. The van der Waals surface area contributed by atoms with Crippen molar-refractivity contribution < 1.29 is 4.79 Å². The van der Waals surface area contributed by atoms with Crippen LogP contribution in [-0.4, -0.2) is 35.9 Å². The molecule has 7 heteroatoms. The Morgan fingerprint density at radius 1 is 1.33 bits per heavy atom. The molecule has 6 nitrogen and oxygen atoms in total. The van der Waals surface area contributed by atoms with Gasteiger partial charge in [0.25, 0.3) is 0 Å². The minimum absolute atomic E-state index is 0.577. The van der Waals surface area contributed by atoms with Crippen LogP contribution in [0.3, 0.4) is 0 Å². The van der Waals surface area contributed by atoms with E-state index < -0.39 is 0 Å². The first-order chi connectivity index (χ1) is 8.79. The second kappa shape index (κ2) is 5.97. The number of nitrogens with zero attached hydrogens (tertiary/aromatic N) is 2. The number of hydrazine groups is 1. The van der Waals surface area contributed by atoms with Crippen molar-refractivity contribution in [3.8, 4) is 0 Å². The summed E-state index contributed by atoms with van der Waals surface area (Å²) in [6.45, 7) is 1.59. The standard InChI is InChI=1S/C11H13N5OS/c17-8-13-15-10-3-1-9(2-4-10)14-11(18)16-6-5-12-7-16/h1-4,7-8,15H,5-6H2,(H,13,17)(H,14,18). The molecule has 0 saturated carbocycles. The Morgan fingerprint density at radius 2 is 2.06 bits per heavy atom. The molecule has 0 spiro atoms. The molecule has 1 aromatic carbocycles. The molecule has 0 radical (unpaired) electrons. The van der Waals surface area contributed by atoms with Gasteiger partial charge in [-0.25, -0.2) is 0 Å². The number of carbonyl (C=O) groups is 1. The summed E-state index contributed by atoms with van der Waals surface area (Å²) in [5.74, 6) is 0. The van der Waals surface area contributed by atoms with E-state index in [2.05, 4.69) is 21.2 Å². The van der Waals surface area contributed by atoms with Crippen LogP contribution in [0.25, 0.3) is 0 Å². The van der Waals surface area contributed by atoms with Gasteiger partial charge < -0.3 is 10.2 Å². The fourth-order valence-corrected chi connectivity index (χ4v) is 1.73. The van der Waals surface area contributed by atoms with Gasteiger partial charge in [0.15, 0.2) is 5.11 Å². The Bertz CT molecular complexity index is 459. The molecule has 0 saturated heterocycles. The molecule has 0 fully saturated rings. The number of aliphatic imine (C=N–C) groups is 1. The number of anilines is 2. The van der Waals surface area contributed by atoms with E-state index >= 15 is 0 Å². The Kier molecular flexibility index (Phi) is 4.08. The Balaban J connectivity index is 1.91. The maximum absolute atomic E-state index is 10.1. The van der Waals surface area contributed by atoms with Crippen LogP contribution in [-0.2, 0) is 4.79 Å². The van der Waals surface area contributed by atoms with Crippen molar-refractivity contribution >= 4 is 41.5 Å². The molecule has 18 heavy (non-hydrogen) atoms. The quantitative estimate of drug-likeness (QED) is 0.426. The van der Waals surface area contributed by atoms with Gasteiger partial charge in [-0.3, -0.25) is 20.6 Å². The summed E-state index contributed by atoms with van der Waals surface area (Å²) in [6, 6.07) is 7.40. The number of carbonyl (C=O) groups excluding carboxylic acids is 1. The molecule has 1 aromatic rings. The number of hydrogen-bond donors (Lipinski definition) is 3. The summed E-state index contributed by atoms with van der Waals surface area (Å²) in [5, 5.41) is 3.74. The van der Waals surface area contributed by atoms with Crippen molar-refractivity contribution in [2.24, 2.45) is 4.99 Å². The van der Waals surface area contributed by atoms with Gasteiger partial charge in [0.05, 0.1) is 18.6 Å². The van der Waals surface area contributed by atoms with E-state index in [1.807, 2.05) is 29.2 Å². The molecule has 1 amide bonds. The van der Waals surface area contributed by atoms with Crippen LogP contribution in [0.5, 0.6) is 0 Å². The van der Waals surface area contributed by atoms with Gasteiger partial charge in [0.2, 0.25) is 6.41 Å². The predicted molar refractivity (Wildman–Crippen MR) is 75.6 cm³/mol. The highest BCUT2D eigenvalue weighted by molar-refractivity contribution is 7.80. The van der Waals surface area contributed by atoms with Crippen LogP contribution >= 0.6 is 12.2 Å². The van der Waals surface area contributed by atoms with Gasteiger partial charge in [-0.2, -0.15) is 0 Å². The zero-order chi connectivity index (χ0) is 12.8. The molecule has 94 valence electrons. The fourth-order valence-electron chi connectivity index (χ4n) is 1.48. The van der Waals surface area contributed by atoms with Gasteiger partial charge in [-0.05, 0) is 36.5 Å². The second-order valence-electron chi connectivity index (χ2n) is 3.61. The van der Waals surface area contributed by atoms with Gasteiger partial charge >= 0.3 is 0 Å². The van der Waals surface area contributed by atoms with E-state index in [0.29, 0.717) is 11.5 Å².